The number of likely N-dealkylation sites (N-methyl/N-ethyl adjacent to an activating group) is 1. The number of hydrogen-bond donors (Lipinski definition) is 1. The summed E-state index contributed by atoms with van der Waals surface area (Å²) in [6.07, 6.45) is 0. The van der Waals surface area contributed by atoms with Crippen LogP contribution in [0.5, 0.6) is 5.75 Å². The zero-order valence-electron chi connectivity index (χ0n) is 12.5. The standard InChI is InChI=1S/C17H15ClN2O3/c1-2-20-14-7-6-13(9-15(14)23-10-16(20)21)19-17(22)11-4-3-5-12(18)8-11/h3-9H,2,10H2,1H3,(H,19,22). The lowest BCUT2D eigenvalue weighted by molar-refractivity contribution is -0.121. The van der Waals surface area contributed by atoms with Crippen molar-refractivity contribution in [1.29, 1.82) is 0 Å². The van der Waals surface area contributed by atoms with E-state index in [-0.39, 0.29) is 18.4 Å². The number of carbonyl (C=O) groups excluding carboxylic acids is 2. The molecule has 2 aromatic rings. The summed E-state index contributed by atoms with van der Waals surface area (Å²) in [6.45, 7) is 2.48. The van der Waals surface area contributed by atoms with Crippen molar-refractivity contribution in [3.8, 4) is 5.75 Å². The Morgan fingerprint density at radius 1 is 1.30 bits per heavy atom. The molecule has 2 aromatic carbocycles. The Bertz CT molecular complexity index is 776. The molecule has 1 aliphatic heterocycles. The first-order chi connectivity index (χ1) is 11.1. The van der Waals surface area contributed by atoms with Gasteiger partial charge < -0.3 is 15.0 Å². The summed E-state index contributed by atoms with van der Waals surface area (Å²) in [5.41, 5.74) is 1.78. The van der Waals surface area contributed by atoms with Gasteiger partial charge in [0, 0.05) is 28.9 Å². The summed E-state index contributed by atoms with van der Waals surface area (Å²) < 4.78 is 5.45. The van der Waals surface area contributed by atoms with Crippen LogP contribution in [0.15, 0.2) is 42.5 Å². The molecule has 0 radical (unpaired) electrons. The molecule has 0 bridgehead atoms. The summed E-state index contributed by atoms with van der Waals surface area (Å²) in [7, 11) is 0. The highest BCUT2D eigenvalue weighted by Crippen LogP contribution is 2.34. The number of nitrogens with zero attached hydrogens (tertiary/aromatic N) is 1. The molecular weight excluding hydrogens is 316 g/mol. The fraction of sp³-hybridized carbons (Fsp3) is 0.176. The van der Waals surface area contributed by atoms with E-state index >= 15 is 0 Å². The smallest absolute Gasteiger partial charge is 0.265 e. The van der Waals surface area contributed by atoms with Gasteiger partial charge in [-0.1, -0.05) is 17.7 Å². The van der Waals surface area contributed by atoms with Gasteiger partial charge in [-0.3, -0.25) is 9.59 Å². The number of fused-ring (bicyclic) bond motifs is 1. The fourth-order valence-electron chi connectivity index (χ4n) is 2.46. The number of carbonyl (C=O) groups is 2. The van der Waals surface area contributed by atoms with Crippen molar-refractivity contribution in [2.75, 3.05) is 23.4 Å². The van der Waals surface area contributed by atoms with Crippen molar-refractivity contribution in [3.05, 3.63) is 53.1 Å². The van der Waals surface area contributed by atoms with Crippen LogP contribution in [0.4, 0.5) is 11.4 Å². The van der Waals surface area contributed by atoms with Crippen molar-refractivity contribution < 1.29 is 14.3 Å². The minimum Gasteiger partial charge on any atom is -0.481 e. The Hall–Kier alpha value is -2.53. The molecule has 0 aliphatic carbocycles. The Labute approximate surface area is 138 Å². The quantitative estimate of drug-likeness (QED) is 0.939. The summed E-state index contributed by atoms with van der Waals surface area (Å²) in [5, 5.41) is 3.30. The lowest BCUT2D eigenvalue weighted by Crippen LogP contribution is -2.38. The Morgan fingerprint density at radius 3 is 2.87 bits per heavy atom. The van der Waals surface area contributed by atoms with E-state index in [0.29, 0.717) is 34.3 Å². The number of nitrogens with one attached hydrogen (secondary N) is 1. The molecule has 0 spiro atoms. The molecule has 0 atom stereocenters. The minimum absolute atomic E-state index is 0.00648. The average molecular weight is 331 g/mol. The Morgan fingerprint density at radius 2 is 2.13 bits per heavy atom. The number of benzene rings is 2. The summed E-state index contributed by atoms with van der Waals surface area (Å²) in [5.74, 6) is 0.248. The SMILES string of the molecule is CCN1C(=O)COc2cc(NC(=O)c3cccc(Cl)c3)ccc21. The Kier molecular flexibility index (Phi) is 4.21. The van der Waals surface area contributed by atoms with E-state index < -0.39 is 0 Å². The molecule has 23 heavy (non-hydrogen) atoms. The van der Waals surface area contributed by atoms with E-state index in [0.717, 1.165) is 0 Å². The molecule has 0 saturated carbocycles. The molecule has 118 valence electrons. The molecule has 0 fully saturated rings. The van der Waals surface area contributed by atoms with Crippen LogP contribution in [0.2, 0.25) is 5.02 Å². The van der Waals surface area contributed by atoms with Gasteiger partial charge in [-0.25, -0.2) is 0 Å². The molecule has 5 nitrogen and oxygen atoms in total. The highest BCUT2D eigenvalue weighted by atomic mass is 35.5. The molecule has 0 saturated heterocycles. The highest BCUT2D eigenvalue weighted by molar-refractivity contribution is 6.31. The predicted octanol–water partition coefficient (Wildman–Crippen LogP) is 3.34. The second-order valence-corrected chi connectivity index (χ2v) is 5.51. The van der Waals surface area contributed by atoms with Crippen LogP contribution in [0.3, 0.4) is 0 Å². The number of halogens is 1. The minimum atomic E-state index is -0.258. The maximum absolute atomic E-state index is 12.2. The second kappa shape index (κ2) is 6.30. The third-order valence-electron chi connectivity index (χ3n) is 3.56. The van der Waals surface area contributed by atoms with E-state index in [4.69, 9.17) is 16.3 Å². The fourth-order valence-corrected chi connectivity index (χ4v) is 2.65. The zero-order valence-corrected chi connectivity index (χ0v) is 13.3. The van der Waals surface area contributed by atoms with E-state index in [1.807, 2.05) is 6.92 Å². The van der Waals surface area contributed by atoms with Crippen LogP contribution in [0, 0.1) is 0 Å². The first kappa shape index (κ1) is 15.4. The number of hydrogen-bond acceptors (Lipinski definition) is 3. The zero-order chi connectivity index (χ0) is 16.4. The van der Waals surface area contributed by atoms with E-state index in [1.165, 1.54) is 0 Å². The normalized spacial score (nSPS) is 13.3. The lowest BCUT2D eigenvalue weighted by Gasteiger charge is -2.28. The number of amides is 2. The number of rotatable bonds is 3. The molecule has 1 heterocycles. The molecule has 0 unspecified atom stereocenters. The maximum atomic E-state index is 12.2. The first-order valence-electron chi connectivity index (χ1n) is 7.22. The van der Waals surface area contributed by atoms with Gasteiger partial charge in [0.05, 0.1) is 5.69 Å². The molecule has 3 rings (SSSR count). The molecule has 2 amide bonds. The second-order valence-electron chi connectivity index (χ2n) is 5.07. The largest absolute Gasteiger partial charge is 0.481 e. The van der Waals surface area contributed by atoms with Crippen LogP contribution in [-0.4, -0.2) is 25.0 Å². The van der Waals surface area contributed by atoms with Crippen molar-refractivity contribution in [2.24, 2.45) is 0 Å². The van der Waals surface area contributed by atoms with Crippen molar-refractivity contribution in [3.63, 3.8) is 0 Å². The Balaban J connectivity index is 1.82. The first-order valence-corrected chi connectivity index (χ1v) is 7.60. The van der Waals surface area contributed by atoms with Gasteiger partial charge in [0.2, 0.25) is 0 Å². The summed E-state index contributed by atoms with van der Waals surface area (Å²) >= 11 is 5.89. The van der Waals surface area contributed by atoms with Gasteiger partial charge in [0.25, 0.3) is 11.8 Å². The molecule has 1 aliphatic rings. The van der Waals surface area contributed by atoms with Gasteiger partial charge in [-0.05, 0) is 37.3 Å². The van der Waals surface area contributed by atoms with Crippen molar-refractivity contribution >= 4 is 34.8 Å². The average Bonchev–Trinajstić information content (AvgIpc) is 2.55. The summed E-state index contributed by atoms with van der Waals surface area (Å²) in [6, 6.07) is 11.9. The highest BCUT2D eigenvalue weighted by Gasteiger charge is 2.24. The molecular formula is C17H15ClN2O3. The predicted molar refractivity (Wildman–Crippen MR) is 89.4 cm³/mol. The topological polar surface area (TPSA) is 58.6 Å². The van der Waals surface area contributed by atoms with Crippen LogP contribution in [0.25, 0.3) is 0 Å². The van der Waals surface area contributed by atoms with Gasteiger partial charge in [-0.15, -0.1) is 0 Å². The third-order valence-corrected chi connectivity index (χ3v) is 3.80. The van der Waals surface area contributed by atoms with E-state index in [1.54, 1.807) is 47.4 Å². The molecule has 0 aromatic heterocycles. The lowest BCUT2D eigenvalue weighted by atomic mass is 10.2. The van der Waals surface area contributed by atoms with Crippen molar-refractivity contribution in [1.82, 2.24) is 0 Å². The van der Waals surface area contributed by atoms with Gasteiger partial charge in [0.15, 0.2) is 6.61 Å². The van der Waals surface area contributed by atoms with E-state index in [9.17, 15) is 9.59 Å². The number of ether oxygens (including phenoxy) is 1. The van der Waals surface area contributed by atoms with Crippen LogP contribution < -0.4 is 15.0 Å². The van der Waals surface area contributed by atoms with Gasteiger partial charge >= 0.3 is 0 Å². The van der Waals surface area contributed by atoms with Crippen LogP contribution >= 0.6 is 11.6 Å². The van der Waals surface area contributed by atoms with E-state index in [2.05, 4.69) is 5.32 Å². The van der Waals surface area contributed by atoms with Crippen LogP contribution in [-0.2, 0) is 4.79 Å². The molecule has 1 N–H and O–H groups in total. The maximum Gasteiger partial charge on any atom is 0.265 e. The van der Waals surface area contributed by atoms with Crippen LogP contribution in [0.1, 0.15) is 17.3 Å². The third kappa shape index (κ3) is 3.14. The van der Waals surface area contributed by atoms with Gasteiger partial charge in [0.1, 0.15) is 5.75 Å². The van der Waals surface area contributed by atoms with Gasteiger partial charge in [-0.2, -0.15) is 0 Å². The summed E-state index contributed by atoms with van der Waals surface area (Å²) in [4.78, 5) is 25.7. The van der Waals surface area contributed by atoms with Crippen molar-refractivity contribution in [2.45, 2.75) is 6.92 Å². The monoisotopic (exact) mass is 330 g/mol. The molecule has 6 heteroatoms. The number of anilines is 2.